The third-order valence-electron chi connectivity index (χ3n) is 3.12. The average Bonchev–Trinajstić information content (AvgIpc) is 2.91. The number of hydrogen-bond acceptors (Lipinski definition) is 5. The van der Waals surface area contributed by atoms with Crippen LogP contribution in [0.5, 0.6) is 0 Å². The molecule has 1 aromatic carbocycles. The van der Waals surface area contributed by atoms with E-state index in [1.165, 1.54) is 0 Å². The predicted molar refractivity (Wildman–Crippen MR) is 76.4 cm³/mol. The summed E-state index contributed by atoms with van der Waals surface area (Å²) in [4.78, 5) is 17.6. The molecule has 0 bridgehead atoms. The number of amides is 1. The third-order valence-corrected chi connectivity index (χ3v) is 3.32. The summed E-state index contributed by atoms with van der Waals surface area (Å²) in [6, 6.07) is 5.41. The number of alkyl halides is 2. The summed E-state index contributed by atoms with van der Waals surface area (Å²) >= 11 is 5.07. The van der Waals surface area contributed by atoms with Gasteiger partial charge in [-0.15, -0.1) is 0 Å². The Bertz CT molecular complexity index is 655. The van der Waals surface area contributed by atoms with Gasteiger partial charge in [0.25, 0.3) is 17.6 Å². The number of aromatic nitrogens is 1. The highest BCUT2D eigenvalue weighted by atomic mass is 35.5. The Morgan fingerprint density at radius 1 is 1.43 bits per heavy atom. The molecule has 2 aromatic rings. The minimum absolute atomic E-state index is 0.403. The molecule has 1 aliphatic rings. The van der Waals surface area contributed by atoms with Gasteiger partial charge < -0.3 is 19.4 Å². The number of benzene rings is 1. The first-order chi connectivity index (χ1) is 10.1. The van der Waals surface area contributed by atoms with E-state index < -0.39 is 11.5 Å². The normalized spacial score (nSPS) is 17.0. The van der Waals surface area contributed by atoms with Gasteiger partial charge >= 0.3 is 0 Å². The largest absolute Gasteiger partial charge is 0.423 e. The van der Waals surface area contributed by atoms with Gasteiger partial charge in [-0.3, -0.25) is 4.79 Å². The number of nitrogens with one attached hydrogen (secondary N) is 1. The summed E-state index contributed by atoms with van der Waals surface area (Å²) in [6.45, 7) is 2.69. The minimum Gasteiger partial charge on any atom is -0.423 e. The van der Waals surface area contributed by atoms with Gasteiger partial charge in [0.2, 0.25) is 0 Å². The van der Waals surface area contributed by atoms with Crippen molar-refractivity contribution in [2.45, 2.75) is 5.63 Å². The quantitative estimate of drug-likeness (QED) is 0.879. The third kappa shape index (κ3) is 3.08. The second kappa shape index (κ2) is 5.87. The minimum atomic E-state index is -2.08. The Labute approximate surface area is 124 Å². The first kappa shape index (κ1) is 14.1. The van der Waals surface area contributed by atoms with Crippen molar-refractivity contribution in [1.29, 1.82) is 0 Å². The van der Waals surface area contributed by atoms with E-state index >= 15 is 0 Å². The van der Waals surface area contributed by atoms with E-state index in [9.17, 15) is 9.18 Å². The number of morpholine rings is 1. The molecule has 1 unspecified atom stereocenters. The van der Waals surface area contributed by atoms with Gasteiger partial charge in [0, 0.05) is 24.8 Å². The van der Waals surface area contributed by atoms with E-state index in [0.29, 0.717) is 49.1 Å². The van der Waals surface area contributed by atoms with Crippen molar-refractivity contribution < 1.29 is 18.3 Å². The van der Waals surface area contributed by atoms with Crippen LogP contribution in [0.3, 0.4) is 0 Å². The summed E-state index contributed by atoms with van der Waals surface area (Å²) < 4.78 is 23.6. The monoisotopic (exact) mass is 313 g/mol. The highest BCUT2D eigenvalue weighted by Crippen LogP contribution is 2.25. The van der Waals surface area contributed by atoms with E-state index in [4.69, 9.17) is 20.8 Å². The van der Waals surface area contributed by atoms with E-state index in [1.54, 1.807) is 18.2 Å². The van der Waals surface area contributed by atoms with Crippen LogP contribution < -0.4 is 10.2 Å². The zero-order chi connectivity index (χ0) is 14.8. The number of hydrogen-bond donors (Lipinski definition) is 1. The van der Waals surface area contributed by atoms with Crippen molar-refractivity contribution in [2.75, 3.05) is 36.5 Å². The molecule has 1 N–H and O–H groups in total. The molecule has 1 atom stereocenters. The first-order valence-corrected chi connectivity index (χ1v) is 6.89. The number of anilines is 2. The average molecular weight is 314 g/mol. The van der Waals surface area contributed by atoms with Crippen molar-refractivity contribution in [1.82, 2.24) is 4.98 Å². The lowest BCUT2D eigenvalue weighted by molar-refractivity contribution is -0.118. The fourth-order valence-corrected chi connectivity index (χ4v) is 2.13. The molecule has 0 aliphatic carbocycles. The summed E-state index contributed by atoms with van der Waals surface area (Å²) in [5.41, 5.74) is -0.503. The number of nitrogens with zero attached hydrogens (tertiary/aromatic N) is 2. The van der Waals surface area contributed by atoms with E-state index in [-0.39, 0.29) is 0 Å². The van der Waals surface area contributed by atoms with E-state index in [2.05, 4.69) is 10.3 Å². The number of ether oxygens (including phenoxy) is 1. The summed E-state index contributed by atoms with van der Waals surface area (Å²) in [7, 11) is 0. The Morgan fingerprint density at radius 2 is 2.19 bits per heavy atom. The highest BCUT2D eigenvalue weighted by molar-refractivity contribution is 6.31. The molecule has 6 nitrogen and oxygen atoms in total. The van der Waals surface area contributed by atoms with Crippen molar-refractivity contribution in [3.63, 3.8) is 0 Å². The lowest BCUT2D eigenvalue weighted by Gasteiger charge is -2.24. The van der Waals surface area contributed by atoms with Gasteiger partial charge in [0.1, 0.15) is 5.52 Å². The topological polar surface area (TPSA) is 67.6 Å². The van der Waals surface area contributed by atoms with Crippen LogP contribution in [0, 0.1) is 0 Å². The fraction of sp³-hybridized carbons (Fsp3) is 0.385. The Kier molecular flexibility index (Phi) is 3.94. The zero-order valence-corrected chi connectivity index (χ0v) is 11.8. The highest BCUT2D eigenvalue weighted by Gasteiger charge is 2.18. The standard InChI is InChI=1S/C13H13ClFN3O3/c14-11(15)12(19)16-8-1-2-9-10(7-8)21-13(17-9)18-3-5-20-6-4-18/h1-2,7,11H,3-6H2,(H,16,19). The summed E-state index contributed by atoms with van der Waals surface area (Å²) in [5, 5.41) is 2.36. The number of oxazole rings is 1. The molecule has 1 saturated heterocycles. The molecule has 112 valence electrons. The van der Waals surface area contributed by atoms with Gasteiger partial charge in [-0.05, 0) is 12.1 Å². The van der Waals surface area contributed by atoms with Crippen LogP contribution in [0.25, 0.3) is 11.1 Å². The smallest absolute Gasteiger partial charge is 0.298 e. The lowest BCUT2D eigenvalue weighted by Crippen LogP contribution is -2.36. The van der Waals surface area contributed by atoms with Crippen LogP contribution in [0.1, 0.15) is 0 Å². The number of halogens is 2. The predicted octanol–water partition coefficient (Wildman–Crippen LogP) is 2.14. The van der Waals surface area contributed by atoms with Crippen LogP contribution in [0.4, 0.5) is 16.1 Å². The molecule has 21 heavy (non-hydrogen) atoms. The number of carbonyl (C=O) groups excluding carboxylic acids is 1. The van der Waals surface area contributed by atoms with Crippen LogP contribution in [-0.4, -0.2) is 42.8 Å². The van der Waals surface area contributed by atoms with Gasteiger partial charge in [-0.2, -0.15) is 4.98 Å². The first-order valence-electron chi connectivity index (χ1n) is 6.46. The lowest BCUT2D eigenvalue weighted by atomic mass is 10.3. The summed E-state index contributed by atoms with van der Waals surface area (Å²) in [5.74, 6) is -0.913. The Morgan fingerprint density at radius 3 is 2.90 bits per heavy atom. The van der Waals surface area contributed by atoms with Crippen LogP contribution in [-0.2, 0) is 9.53 Å². The molecule has 3 rings (SSSR count). The summed E-state index contributed by atoms with van der Waals surface area (Å²) in [6.07, 6.45) is 0. The molecular formula is C13H13ClFN3O3. The molecule has 1 amide bonds. The SMILES string of the molecule is O=C(Nc1ccc2nc(N3CCOCC3)oc2c1)C(F)Cl. The second-order valence-corrected chi connectivity index (χ2v) is 4.95. The molecule has 0 spiro atoms. The fourth-order valence-electron chi connectivity index (χ4n) is 2.08. The molecule has 1 fully saturated rings. The molecule has 1 aromatic heterocycles. The van der Waals surface area contributed by atoms with Gasteiger partial charge in [0.15, 0.2) is 5.58 Å². The number of carbonyl (C=O) groups is 1. The molecule has 2 heterocycles. The number of rotatable bonds is 3. The van der Waals surface area contributed by atoms with Gasteiger partial charge in [-0.25, -0.2) is 4.39 Å². The van der Waals surface area contributed by atoms with Crippen molar-refractivity contribution >= 4 is 40.3 Å². The van der Waals surface area contributed by atoms with E-state index in [0.717, 1.165) is 0 Å². The van der Waals surface area contributed by atoms with Crippen LogP contribution >= 0.6 is 11.6 Å². The van der Waals surface area contributed by atoms with Crippen molar-refractivity contribution in [3.8, 4) is 0 Å². The molecule has 1 aliphatic heterocycles. The van der Waals surface area contributed by atoms with Crippen LogP contribution in [0.2, 0.25) is 0 Å². The van der Waals surface area contributed by atoms with Crippen molar-refractivity contribution in [2.24, 2.45) is 0 Å². The maximum atomic E-state index is 12.6. The Balaban J connectivity index is 1.82. The van der Waals surface area contributed by atoms with Gasteiger partial charge in [-0.1, -0.05) is 11.6 Å². The maximum Gasteiger partial charge on any atom is 0.298 e. The molecule has 0 saturated carbocycles. The maximum absolute atomic E-state index is 12.6. The zero-order valence-electron chi connectivity index (χ0n) is 11.0. The molecule has 0 radical (unpaired) electrons. The van der Waals surface area contributed by atoms with Crippen molar-refractivity contribution in [3.05, 3.63) is 18.2 Å². The van der Waals surface area contributed by atoms with Gasteiger partial charge in [0.05, 0.1) is 13.2 Å². The Hall–Kier alpha value is -1.86. The number of fused-ring (bicyclic) bond motifs is 1. The second-order valence-electron chi connectivity index (χ2n) is 4.57. The molecule has 8 heteroatoms. The van der Waals surface area contributed by atoms with Crippen LogP contribution in [0.15, 0.2) is 22.6 Å². The van der Waals surface area contributed by atoms with E-state index in [1.807, 2.05) is 4.90 Å². The molecular weight excluding hydrogens is 301 g/mol.